The number of hydrogen-bond acceptors (Lipinski definition) is 2. The molecule has 0 aliphatic carbocycles. The van der Waals surface area contributed by atoms with Crippen LogP contribution >= 0.6 is 12.2 Å². The maximum absolute atomic E-state index is 5.75. The number of hydrogen-bond donors (Lipinski definition) is 1. The molecule has 1 aromatic carbocycles. The van der Waals surface area contributed by atoms with Gasteiger partial charge in [0.1, 0.15) is 0 Å². The third-order valence-electron chi connectivity index (χ3n) is 5.09. The molecule has 1 N–H and O–H groups in total. The van der Waals surface area contributed by atoms with E-state index in [-0.39, 0.29) is 12.1 Å². The van der Waals surface area contributed by atoms with Crippen molar-refractivity contribution in [3.8, 4) is 0 Å². The number of aryl methyl sites for hydroxylation is 1. The minimum absolute atomic E-state index is 0.00279. The first-order chi connectivity index (χ1) is 13.0. The molecule has 3 aromatic rings. The summed E-state index contributed by atoms with van der Waals surface area (Å²) in [5.41, 5.74) is 4.56. The van der Waals surface area contributed by atoms with Crippen LogP contribution < -0.4 is 10.2 Å². The monoisotopic (exact) mass is 376 g/mol. The van der Waals surface area contributed by atoms with Crippen LogP contribution in [-0.4, -0.2) is 14.7 Å². The predicted molar refractivity (Wildman–Crippen MR) is 114 cm³/mol. The van der Waals surface area contributed by atoms with Crippen LogP contribution in [-0.2, 0) is 0 Å². The molecule has 1 saturated heterocycles. The summed E-state index contributed by atoms with van der Waals surface area (Å²) in [6, 6.07) is 17.2. The summed E-state index contributed by atoms with van der Waals surface area (Å²) in [7, 11) is 0. The Balaban J connectivity index is 1.81. The lowest BCUT2D eigenvalue weighted by atomic mass is 9.98. The fourth-order valence-electron chi connectivity index (χ4n) is 3.60. The average Bonchev–Trinajstić information content (AvgIpc) is 3.28. The molecule has 0 saturated carbocycles. The highest BCUT2D eigenvalue weighted by molar-refractivity contribution is 7.80. The molecule has 1 fully saturated rings. The van der Waals surface area contributed by atoms with E-state index >= 15 is 0 Å². The van der Waals surface area contributed by atoms with Gasteiger partial charge >= 0.3 is 0 Å². The van der Waals surface area contributed by atoms with Crippen LogP contribution in [0.5, 0.6) is 0 Å². The highest BCUT2D eigenvalue weighted by Crippen LogP contribution is 2.41. The molecule has 138 valence electrons. The van der Waals surface area contributed by atoms with Crippen molar-refractivity contribution < 1.29 is 0 Å². The van der Waals surface area contributed by atoms with Gasteiger partial charge in [-0.1, -0.05) is 23.8 Å². The number of benzene rings is 1. The topological polar surface area (TPSA) is 33.1 Å². The first-order valence-electron chi connectivity index (χ1n) is 9.29. The number of pyridine rings is 1. The van der Waals surface area contributed by atoms with Crippen molar-refractivity contribution in [2.75, 3.05) is 4.90 Å². The minimum atomic E-state index is 0.00279. The zero-order valence-corrected chi connectivity index (χ0v) is 16.6. The predicted octanol–water partition coefficient (Wildman–Crippen LogP) is 4.95. The Morgan fingerprint density at radius 1 is 1.07 bits per heavy atom. The molecule has 0 spiro atoms. The number of thiocarbonyl (C=S) groups is 1. The Morgan fingerprint density at radius 3 is 2.48 bits per heavy atom. The van der Waals surface area contributed by atoms with Gasteiger partial charge in [0.05, 0.1) is 17.8 Å². The molecule has 1 aliphatic heterocycles. The van der Waals surface area contributed by atoms with Crippen LogP contribution in [0.15, 0.2) is 67.1 Å². The molecule has 5 heteroatoms. The average molecular weight is 377 g/mol. The van der Waals surface area contributed by atoms with Crippen LogP contribution in [0.1, 0.15) is 48.8 Å². The van der Waals surface area contributed by atoms with Gasteiger partial charge in [-0.3, -0.25) is 4.98 Å². The quantitative estimate of drug-likeness (QED) is 0.653. The van der Waals surface area contributed by atoms with E-state index in [4.69, 9.17) is 12.2 Å². The number of rotatable bonds is 4. The maximum Gasteiger partial charge on any atom is 0.174 e. The number of anilines is 1. The van der Waals surface area contributed by atoms with Gasteiger partial charge in [-0.2, -0.15) is 0 Å². The van der Waals surface area contributed by atoms with Gasteiger partial charge in [-0.25, -0.2) is 0 Å². The van der Waals surface area contributed by atoms with Gasteiger partial charge < -0.3 is 14.8 Å². The van der Waals surface area contributed by atoms with Gasteiger partial charge in [0.25, 0.3) is 0 Å². The fourth-order valence-corrected chi connectivity index (χ4v) is 3.95. The SMILES string of the molecule is Cc1ccc(N2C(=S)N[C@H](c3ccccn3)[C@@H]2c2ccn(C(C)C)c2)cc1. The largest absolute Gasteiger partial charge is 0.351 e. The van der Waals surface area contributed by atoms with Gasteiger partial charge in [0, 0.05) is 30.3 Å². The molecule has 27 heavy (non-hydrogen) atoms. The van der Waals surface area contributed by atoms with Crippen molar-refractivity contribution in [2.45, 2.75) is 38.9 Å². The third kappa shape index (κ3) is 3.35. The summed E-state index contributed by atoms with van der Waals surface area (Å²) in [4.78, 5) is 6.82. The van der Waals surface area contributed by atoms with Crippen molar-refractivity contribution in [3.63, 3.8) is 0 Å². The summed E-state index contributed by atoms with van der Waals surface area (Å²) in [5, 5.41) is 4.24. The van der Waals surface area contributed by atoms with E-state index in [0.29, 0.717) is 6.04 Å². The summed E-state index contributed by atoms with van der Waals surface area (Å²) < 4.78 is 2.24. The van der Waals surface area contributed by atoms with Crippen LogP contribution in [0.4, 0.5) is 5.69 Å². The molecule has 3 heterocycles. The molecular formula is C22H24N4S. The zero-order valence-electron chi connectivity index (χ0n) is 15.8. The van der Waals surface area contributed by atoms with Crippen LogP contribution in [0, 0.1) is 6.92 Å². The standard InChI is InChI=1S/C22H24N4S/c1-15(2)25-13-11-17(14-25)21-20(19-6-4-5-12-23-19)24-22(27)26(21)18-9-7-16(3)8-10-18/h4-15,20-21H,1-3H3,(H,24,27)/t20-,21+/m1/s1. The van der Waals surface area contributed by atoms with E-state index in [0.717, 1.165) is 16.5 Å². The number of aromatic nitrogens is 2. The van der Waals surface area contributed by atoms with Crippen LogP contribution in [0.25, 0.3) is 0 Å². The first-order valence-corrected chi connectivity index (χ1v) is 9.70. The van der Waals surface area contributed by atoms with Gasteiger partial charge in [0.2, 0.25) is 0 Å². The minimum Gasteiger partial charge on any atom is -0.351 e. The van der Waals surface area contributed by atoms with E-state index in [1.807, 2.05) is 18.3 Å². The summed E-state index contributed by atoms with van der Waals surface area (Å²) in [6.45, 7) is 6.48. The van der Waals surface area contributed by atoms with Gasteiger partial charge in [-0.05, 0) is 68.9 Å². The Kier molecular flexibility index (Phi) is 4.70. The maximum atomic E-state index is 5.75. The zero-order chi connectivity index (χ0) is 19.0. The lowest BCUT2D eigenvalue weighted by molar-refractivity contribution is 0.560. The van der Waals surface area contributed by atoms with Crippen molar-refractivity contribution in [3.05, 3.63) is 83.9 Å². The Hall–Kier alpha value is -2.66. The highest BCUT2D eigenvalue weighted by atomic mass is 32.1. The molecular weight excluding hydrogens is 352 g/mol. The molecule has 1 aliphatic rings. The van der Waals surface area contributed by atoms with Crippen LogP contribution in [0.3, 0.4) is 0 Å². The van der Waals surface area contributed by atoms with Crippen molar-refractivity contribution in [1.29, 1.82) is 0 Å². The van der Waals surface area contributed by atoms with Gasteiger partial charge in [-0.15, -0.1) is 0 Å². The Bertz CT molecular complexity index is 930. The van der Waals surface area contributed by atoms with Crippen molar-refractivity contribution >= 4 is 23.0 Å². The summed E-state index contributed by atoms with van der Waals surface area (Å²) in [6.07, 6.45) is 6.21. The summed E-state index contributed by atoms with van der Waals surface area (Å²) >= 11 is 5.75. The third-order valence-corrected chi connectivity index (χ3v) is 5.40. The number of nitrogens with zero attached hydrogens (tertiary/aromatic N) is 3. The molecule has 2 aromatic heterocycles. The van der Waals surface area contributed by atoms with E-state index in [2.05, 4.69) is 89.3 Å². The van der Waals surface area contributed by atoms with E-state index in [9.17, 15) is 0 Å². The molecule has 4 rings (SSSR count). The Labute approximate surface area is 165 Å². The second-order valence-corrected chi connectivity index (χ2v) is 7.70. The highest BCUT2D eigenvalue weighted by Gasteiger charge is 2.41. The normalized spacial score (nSPS) is 19.6. The molecule has 0 amide bonds. The smallest absolute Gasteiger partial charge is 0.174 e. The molecule has 0 radical (unpaired) electrons. The number of nitrogens with one attached hydrogen (secondary N) is 1. The van der Waals surface area contributed by atoms with Crippen molar-refractivity contribution in [1.82, 2.24) is 14.9 Å². The van der Waals surface area contributed by atoms with Crippen molar-refractivity contribution in [2.24, 2.45) is 0 Å². The lowest BCUT2D eigenvalue weighted by Gasteiger charge is -2.27. The molecule has 2 atom stereocenters. The van der Waals surface area contributed by atoms with Crippen LogP contribution in [0.2, 0.25) is 0 Å². The second kappa shape index (κ2) is 7.16. The fraction of sp³-hybridized carbons (Fsp3) is 0.273. The molecule has 0 unspecified atom stereocenters. The second-order valence-electron chi connectivity index (χ2n) is 7.32. The Morgan fingerprint density at radius 2 is 1.85 bits per heavy atom. The summed E-state index contributed by atoms with van der Waals surface area (Å²) in [5.74, 6) is 0. The molecule has 4 nitrogen and oxygen atoms in total. The van der Waals surface area contributed by atoms with E-state index in [1.165, 1.54) is 11.1 Å². The molecule has 0 bridgehead atoms. The van der Waals surface area contributed by atoms with Gasteiger partial charge in [0.15, 0.2) is 5.11 Å². The van der Waals surface area contributed by atoms with E-state index in [1.54, 1.807) is 0 Å². The first kappa shape index (κ1) is 17.7. The lowest BCUT2D eigenvalue weighted by Crippen LogP contribution is -2.29. The van der Waals surface area contributed by atoms with E-state index < -0.39 is 0 Å².